The second-order valence-corrected chi connectivity index (χ2v) is 28.1. The molecule has 0 N–H and O–H groups in total. The van der Waals surface area contributed by atoms with Crippen LogP contribution in [-0.4, -0.2) is 26.7 Å². The summed E-state index contributed by atoms with van der Waals surface area (Å²) >= 11 is -2.48. The third-order valence-electron chi connectivity index (χ3n) is 6.96. The van der Waals surface area contributed by atoms with Crippen molar-refractivity contribution < 1.29 is 8.84 Å². The van der Waals surface area contributed by atoms with Gasteiger partial charge in [-0.3, -0.25) is 0 Å². The van der Waals surface area contributed by atoms with Crippen LogP contribution in [-0.2, 0) is 11.0 Å². The number of rotatable bonds is 13. The first-order chi connectivity index (χ1) is 13.0. The zero-order chi connectivity index (χ0) is 21.4. The first-order valence-corrected chi connectivity index (χ1v) is 22.2. The average molecular weight is 515 g/mol. The fourth-order valence-corrected chi connectivity index (χ4v) is 20.1. The van der Waals surface area contributed by atoms with Crippen LogP contribution in [0.3, 0.4) is 0 Å². The zero-order valence-electron chi connectivity index (χ0n) is 20.5. The normalized spacial score (nSPS) is 13.3. The van der Waals surface area contributed by atoms with Crippen molar-refractivity contribution >= 4 is 30.5 Å². The standard InChI is InChI=1S/C12H21O2Si.3C4H9.Sn/c1-10-11(7-8-13-10)9-14-15(5,6)12(2,3)4;3*1-3-4-2;/h7H,9H2,1-6H3;3*1,3-4H2,2H3;. The van der Waals surface area contributed by atoms with E-state index in [1.807, 2.05) is 0 Å². The van der Waals surface area contributed by atoms with Gasteiger partial charge in [-0.25, -0.2) is 0 Å². The van der Waals surface area contributed by atoms with E-state index in [1.54, 1.807) is 0 Å². The van der Waals surface area contributed by atoms with Gasteiger partial charge in [-0.2, -0.15) is 0 Å². The van der Waals surface area contributed by atoms with Gasteiger partial charge in [0.15, 0.2) is 0 Å². The number of furan rings is 1. The van der Waals surface area contributed by atoms with Crippen molar-refractivity contribution in [3.63, 3.8) is 0 Å². The van der Waals surface area contributed by atoms with Gasteiger partial charge in [0.1, 0.15) is 0 Å². The third kappa shape index (κ3) is 7.19. The van der Waals surface area contributed by atoms with Crippen LogP contribution in [0.25, 0.3) is 0 Å². The maximum absolute atomic E-state index is 6.55. The van der Waals surface area contributed by atoms with Crippen LogP contribution in [0.2, 0.25) is 31.4 Å². The van der Waals surface area contributed by atoms with Crippen LogP contribution in [0.15, 0.2) is 10.5 Å². The van der Waals surface area contributed by atoms with Gasteiger partial charge in [-0.1, -0.05) is 0 Å². The molecule has 1 aromatic heterocycles. The van der Waals surface area contributed by atoms with Crippen LogP contribution in [0, 0.1) is 6.92 Å². The van der Waals surface area contributed by atoms with Crippen molar-refractivity contribution in [1.29, 1.82) is 0 Å². The van der Waals surface area contributed by atoms with Crippen LogP contribution >= 0.6 is 0 Å². The molecule has 4 heteroatoms. The van der Waals surface area contributed by atoms with Gasteiger partial charge in [0.25, 0.3) is 0 Å². The summed E-state index contributed by atoms with van der Waals surface area (Å²) in [5, 5.41) is 0.250. The molecule has 1 aromatic rings. The van der Waals surface area contributed by atoms with Crippen LogP contribution in [0.5, 0.6) is 0 Å². The second-order valence-electron chi connectivity index (χ2n) is 10.3. The molecule has 0 fully saturated rings. The molecule has 0 aromatic carbocycles. The molecule has 0 aliphatic rings. The molecule has 164 valence electrons. The first-order valence-electron chi connectivity index (χ1n) is 11.8. The van der Waals surface area contributed by atoms with Crippen molar-refractivity contribution in [3.05, 3.63) is 17.4 Å². The molecule has 0 radical (unpaired) electrons. The molecular formula is C24H48O2SiSn. The van der Waals surface area contributed by atoms with Gasteiger partial charge < -0.3 is 0 Å². The number of unbranched alkanes of at least 4 members (excludes halogenated alkanes) is 3. The Morgan fingerprint density at radius 3 is 1.79 bits per heavy atom. The van der Waals surface area contributed by atoms with E-state index in [0.29, 0.717) is 0 Å². The topological polar surface area (TPSA) is 22.4 Å². The molecule has 0 amide bonds. The molecule has 0 atom stereocenters. The molecule has 0 aliphatic carbocycles. The Bertz CT molecular complexity index is 550. The molecule has 0 saturated carbocycles. The minimum absolute atomic E-state index is 0.250. The van der Waals surface area contributed by atoms with E-state index in [-0.39, 0.29) is 5.04 Å². The molecule has 0 spiro atoms. The van der Waals surface area contributed by atoms with E-state index in [4.69, 9.17) is 8.84 Å². The SMILES string of the molecule is CCC[CH2][Sn]([CH2]CCC)([CH2]CCC)[c]1cc(CO[Si](C)(C)C(C)(C)C)c(C)o1. The van der Waals surface area contributed by atoms with Crippen LogP contribution in [0.4, 0.5) is 0 Å². The van der Waals surface area contributed by atoms with Crippen molar-refractivity contribution in [3.8, 4) is 0 Å². The molecule has 0 unspecified atom stereocenters. The Morgan fingerprint density at radius 1 is 0.929 bits per heavy atom. The van der Waals surface area contributed by atoms with Gasteiger partial charge in [0.05, 0.1) is 0 Å². The monoisotopic (exact) mass is 516 g/mol. The Labute approximate surface area is 181 Å². The van der Waals surface area contributed by atoms with E-state index in [1.165, 1.54) is 61.2 Å². The summed E-state index contributed by atoms with van der Waals surface area (Å²) < 4.78 is 18.9. The van der Waals surface area contributed by atoms with Crippen molar-refractivity contribution in [2.24, 2.45) is 0 Å². The Hall–Kier alpha value is 0.256. The Kier molecular flexibility index (Phi) is 10.9. The summed E-state index contributed by atoms with van der Waals surface area (Å²) in [6, 6.07) is 2.44. The van der Waals surface area contributed by atoms with Gasteiger partial charge in [-0.05, 0) is 0 Å². The summed E-state index contributed by atoms with van der Waals surface area (Å²) in [4.78, 5) is 0. The van der Waals surface area contributed by atoms with Crippen LogP contribution < -0.4 is 3.78 Å². The maximum atomic E-state index is 6.55. The molecule has 0 aliphatic heterocycles. The van der Waals surface area contributed by atoms with Crippen LogP contribution in [0.1, 0.15) is 91.4 Å². The summed E-state index contributed by atoms with van der Waals surface area (Å²) in [6.07, 6.45) is 8.03. The molecular weight excluding hydrogens is 467 g/mol. The molecule has 1 heterocycles. The summed E-state index contributed by atoms with van der Waals surface area (Å²) in [5.41, 5.74) is 1.31. The van der Waals surface area contributed by atoms with E-state index >= 15 is 0 Å². The fourth-order valence-electron chi connectivity index (χ4n) is 3.69. The van der Waals surface area contributed by atoms with E-state index in [2.05, 4.69) is 67.6 Å². The van der Waals surface area contributed by atoms with Crippen molar-refractivity contribution in [2.75, 3.05) is 0 Å². The molecule has 0 bridgehead atoms. The van der Waals surface area contributed by atoms with E-state index < -0.39 is 26.7 Å². The van der Waals surface area contributed by atoms with Gasteiger partial charge >= 0.3 is 182 Å². The number of aryl methyl sites for hydroxylation is 1. The quantitative estimate of drug-likeness (QED) is 0.247. The van der Waals surface area contributed by atoms with Gasteiger partial charge in [-0.15, -0.1) is 0 Å². The van der Waals surface area contributed by atoms with Gasteiger partial charge in [0.2, 0.25) is 0 Å². The predicted octanol–water partition coefficient (Wildman–Crippen LogP) is 8.17. The number of hydrogen-bond donors (Lipinski definition) is 0. The summed E-state index contributed by atoms with van der Waals surface area (Å²) in [7, 11) is -1.73. The van der Waals surface area contributed by atoms with E-state index in [0.717, 1.165) is 12.4 Å². The zero-order valence-corrected chi connectivity index (χ0v) is 24.3. The first kappa shape index (κ1) is 26.3. The molecule has 2 nitrogen and oxygen atoms in total. The van der Waals surface area contributed by atoms with Crippen molar-refractivity contribution in [2.45, 2.75) is 125 Å². The summed E-state index contributed by atoms with van der Waals surface area (Å²) in [5.74, 6) is 1.11. The fraction of sp³-hybridized carbons (Fsp3) is 0.833. The molecule has 0 saturated heterocycles. The second kappa shape index (κ2) is 11.6. The third-order valence-corrected chi connectivity index (χ3v) is 26.4. The molecule has 1 rings (SSSR count). The Morgan fingerprint density at radius 2 is 1.39 bits per heavy atom. The predicted molar refractivity (Wildman–Crippen MR) is 130 cm³/mol. The van der Waals surface area contributed by atoms with Gasteiger partial charge in [0, 0.05) is 0 Å². The van der Waals surface area contributed by atoms with E-state index in [9.17, 15) is 0 Å². The minimum atomic E-state index is -2.48. The molecule has 28 heavy (non-hydrogen) atoms. The van der Waals surface area contributed by atoms with Crippen molar-refractivity contribution in [1.82, 2.24) is 0 Å². The number of hydrogen-bond acceptors (Lipinski definition) is 2. The Balaban J connectivity index is 3.12. The average Bonchev–Trinajstić information content (AvgIpc) is 3.00. The summed E-state index contributed by atoms with van der Waals surface area (Å²) in [6.45, 7) is 21.5.